The van der Waals surface area contributed by atoms with Crippen molar-refractivity contribution in [3.63, 3.8) is 0 Å². The van der Waals surface area contributed by atoms with Crippen molar-refractivity contribution in [2.24, 2.45) is 0 Å². The molecule has 0 atom stereocenters. The van der Waals surface area contributed by atoms with Gasteiger partial charge in [0.25, 0.3) is 0 Å². The Bertz CT molecular complexity index is 698. The molecule has 0 saturated carbocycles. The molecule has 8 heteroatoms. The van der Waals surface area contributed by atoms with Crippen molar-refractivity contribution in [1.82, 2.24) is 10.2 Å². The van der Waals surface area contributed by atoms with Gasteiger partial charge in [-0.3, -0.25) is 9.66 Å². The van der Waals surface area contributed by atoms with Crippen LogP contribution in [0.15, 0.2) is 28.7 Å². The molecule has 6 nitrogen and oxygen atoms in total. The molecule has 20 heavy (non-hydrogen) atoms. The van der Waals surface area contributed by atoms with Crippen molar-refractivity contribution in [2.45, 2.75) is 0 Å². The van der Waals surface area contributed by atoms with Gasteiger partial charge < -0.3 is 9.05 Å². The van der Waals surface area contributed by atoms with E-state index in [0.29, 0.717) is 11.1 Å². The van der Waals surface area contributed by atoms with E-state index in [9.17, 15) is 4.57 Å². The number of rotatable bonds is 4. The molecule has 0 spiro atoms. The monoisotopic (exact) mass is 355 g/mol. The van der Waals surface area contributed by atoms with Crippen molar-refractivity contribution < 1.29 is 13.6 Å². The molecule has 0 saturated heterocycles. The third-order valence-corrected chi connectivity index (χ3v) is 5.10. The van der Waals surface area contributed by atoms with Crippen molar-refractivity contribution in [3.05, 3.63) is 34.4 Å². The summed E-state index contributed by atoms with van der Waals surface area (Å²) < 4.78 is 23.3. The van der Waals surface area contributed by atoms with Gasteiger partial charge in [0, 0.05) is 18.7 Å². The highest BCUT2D eigenvalue weighted by Crippen LogP contribution is 2.47. The van der Waals surface area contributed by atoms with Gasteiger partial charge in [-0.1, -0.05) is 28.1 Å². The third-order valence-electron chi connectivity index (χ3n) is 2.74. The van der Waals surface area contributed by atoms with E-state index in [2.05, 4.69) is 26.1 Å². The molecule has 1 aromatic carbocycles. The molecule has 0 aliphatic rings. The molecule has 0 aliphatic carbocycles. The standard InChI is InChI=1S/C12H11BrN3O3P/c1-18-20(17,19-2)12-11(10(7-14)15-16-12)8-3-5-9(13)6-4-8/h3-6H,1-2H3,(H,15,16). The van der Waals surface area contributed by atoms with Gasteiger partial charge in [-0.15, -0.1) is 0 Å². The topological polar surface area (TPSA) is 88.0 Å². The summed E-state index contributed by atoms with van der Waals surface area (Å²) in [7, 11) is -0.961. The molecule has 0 amide bonds. The van der Waals surface area contributed by atoms with Crippen LogP contribution in [0.1, 0.15) is 5.69 Å². The van der Waals surface area contributed by atoms with Gasteiger partial charge in [-0.2, -0.15) is 10.4 Å². The van der Waals surface area contributed by atoms with E-state index in [0.717, 1.165) is 4.47 Å². The van der Waals surface area contributed by atoms with Crippen LogP contribution in [-0.2, 0) is 13.6 Å². The molecule has 1 heterocycles. The molecule has 2 aromatic rings. The zero-order valence-electron chi connectivity index (χ0n) is 10.8. The highest BCUT2D eigenvalue weighted by molar-refractivity contribution is 9.10. The van der Waals surface area contributed by atoms with Crippen molar-refractivity contribution in [2.75, 3.05) is 14.2 Å². The van der Waals surface area contributed by atoms with E-state index >= 15 is 0 Å². The number of nitrogens with zero attached hydrogens (tertiary/aromatic N) is 2. The summed E-state index contributed by atoms with van der Waals surface area (Å²) in [6, 6.07) is 9.17. The SMILES string of the molecule is COP(=O)(OC)c1[nH]nc(C#N)c1-c1ccc(Br)cc1. The number of halogens is 1. The highest BCUT2D eigenvalue weighted by atomic mass is 79.9. The normalized spacial score (nSPS) is 11.3. The number of aromatic nitrogens is 2. The number of aromatic amines is 1. The van der Waals surface area contributed by atoms with Crippen LogP contribution in [0.4, 0.5) is 0 Å². The lowest BCUT2D eigenvalue weighted by atomic mass is 10.1. The van der Waals surface area contributed by atoms with Gasteiger partial charge >= 0.3 is 7.60 Å². The average molecular weight is 356 g/mol. The van der Waals surface area contributed by atoms with E-state index in [1.807, 2.05) is 18.2 Å². The van der Waals surface area contributed by atoms with Crippen LogP contribution in [0.2, 0.25) is 0 Å². The van der Waals surface area contributed by atoms with Crippen molar-refractivity contribution >= 4 is 29.0 Å². The fourth-order valence-electron chi connectivity index (χ4n) is 1.76. The zero-order chi connectivity index (χ0) is 14.8. The Kier molecular flexibility index (Phi) is 4.41. The maximum atomic E-state index is 12.5. The lowest BCUT2D eigenvalue weighted by molar-refractivity contribution is 0.286. The minimum atomic E-state index is -3.52. The largest absolute Gasteiger partial charge is 0.379 e. The number of nitrogens with one attached hydrogen (secondary N) is 1. The minimum absolute atomic E-state index is 0.136. The number of hydrogen-bond acceptors (Lipinski definition) is 5. The van der Waals surface area contributed by atoms with Gasteiger partial charge in [0.05, 0.1) is 5.56 Å². The van der Waals surface area contributed by atoms with Gasteiger partial charge in [0.1, 0.15) is 6.07 Å². The van der Waals surface area contributed by atoms with Crippen LogP contribution in [0.3, 0.4) is 0 Å². The predicted molar refractivity (Wildman–Crippen MR) is 77.7 cm³/mol. The summed E-state index contributed by atoms with van der Waals surface area (Å²) in [6.45, 7) is 0. The van der Waals surface area contributed by atoms with Gasteiger partial charge in [-0.25, -0.2) is 0 Å². The number of nitriles is 1. The average Bonchev–Trinajstić information content (AvgIpc) is 2.91. The molecule has 2 rings (SSSR count). The van der Waals surface area contributed by atoms with Crippen LogP contribution < -0.4 is 5.44 Å². The summed E-state index contributed by atoms with van der Waals surface area (Å²) in [4.78, 5) is 0. The summed E-state index contributed by atoms with van der Waals surface area (Å²) >= 11 is 3.34. The second-order valence-electron chi connectivity index (χ2n) is 3.78. The minimum Gasteiger partial charge on any atom is -0.308 e. The molecule has 1 N–H and O–H groups in total. The van der Waals surface area contributed by atoms with E-state index in [4.69, 9.17) is 14.3 Å². The van der Waals surface area contributed by atoms with Crippen LogP contribution >= 0.6 is 23.5 Å². The summed E-state index contributed by atoms with van der Waals surface area (Å²) in [6.07, 6.45) is 0. The highest BCUT2D eigenvalue weighted by Gasteiger charge is 2.32. The Morgan fingerprint density at radius 3 is 2.40 bits per heavy atom. The molecule has 0 radical (unpaired) electrons. The summed E-state index contributed by atoms with van der Waals surface area (Å²) in [5, 5.41) is 15.6. The third kappa shape index (κ3) is 2.56. The first-order valence-electron chi connectivity index (χ1n) is 5.52. The fraction of sp³-hybridized carbons (Fsp3) is 0.167. The van der Waals surface area contributed by atoms with Crippen LogP contribution in [-0.4, -0.2) is 24.4 Å². The first kappa shape index (κ1) is 14.9. The maximum absolute atomic E-state index is 12.5. The maximum Gasteiger partial charge on any atom is 0.379 e. The van der Waals surface area contributed by atoms with Gasteiger partial charge in [0.2, 0.25) is 0 Å². The summed E-state index contributed by atoms with van der Waals surface area (Å²) in [5.41, 5.74) is 1.42. The molecular weight excluding hydrogens is 345 g/mol. The number of H-pyrrole nitrogens is 1. The molecule has 0 bridgehead atoms. The van der Waals surface area contributed by atoms with E-state index in [1.54, 1.807) is 12.1 Å². The van der Waals surface area contributed by atoms with Crippen molar-refractivity contribution in [3.8, 4) is 17.2 Å². The van der Waals surface area contributed by atoms with Crippen LogP contribution in [0.25, 0.3) is 11.1 Å². The van der Waals surface area contributed by atoms with Crippen LogP contribution in [0.5, 0.6) is 0 Å². The first-order chi connectivity index (χ1) is 9.55. The Balaban J connectivity index is 2.68. The molecular formula is C12H11BrN3O3P. The first-order valence-corrected chi connectivity index (χ1v) is 7.85. The second-order valence-corrected chi connectivity index (χ2v) is 6.87. The smallest absolute Gasteiger partial charge is 0.308 e. The predicted octanol–water partition coefficient (Wildman–Crippen LogP) is 2.82. The number of hydrogen-bond donors (Lipinski definition) is 1. The lowest BCUT2D eigenvalue weighted by Crippen LogP contribution is -2.12. The molecule has 0 aliphatic heterocycles. The Morgan fingerprint density at radius 1 is 1.30 bits per heavy atom. The van der Waals surface area contributed by atoms with Crippen LogP contribution in [0, 0.1) is 11.3 Å². The zero-order valence-corrected chi connectivity index (χ0v) is 13.2. The molecule has 104 valence electrons. The van der Waals surface area contributed by atoms with E-state index in [1.165, 1.54) is 14.2 Å². The van der Waals surface area contributed by atoms with E-state index in [-0.39, 0.29) is 11.1 Å². The molecule has 0 fully saturated rings. The van der Waals surface area contributed by atoms with Crippen molar-refractivity contribution in [1.29, 1.82) is 5.26 Å². The van der Waals surface area contributed by atoms with Gasteiger partial charge in [0.15, 0.2) is 11.1 Å². The Hall–Kier alpha value is -1.45. The molecule has 0 unspecified atom stereocenters. The lowest BCUT2D eigenvalue weighted by Gasteiger charge is -2.13. The Labute approximate surface area is 124 Å². The number of benzene rings is 1. The second kappa shape index (κ2) is 5.90. The molecule has 1 aromatic heterocycles. The Morgan fingerprint density at radius 2 is 1.90 bits per heavy atom. The fourth-order valence-corrected chi connectivity index (χ4v) is 3.22. The van der Waals surface area contributed by atoms with Gasteiger partial charge in [-0.05, 0) is 17.7 Å². The quantitative estimate of drug-likeness (QED) is 0.852. The van der Waals surface area contributed by atoms with E-state index < -0.39 is 7.60 Å². The summed E-state index contributed by atoms with van der Waals surface area (Å²) in [5.74, 6) is 0.